The van der Waals surface area contributed by atoms with Gasteiger partial charge >= 0.3 is 0 Å². The Morgan fingerprint density at radius 1 is 1.06 bits per heavy atom. The van der Waals surface area contributed by atoms with Crippen LogP contribution in [0.1, 0.15) is 25.0 Å². The first-order valence-electron chi connectivity index (χ1n) is 9.63. The Hall–Kier alpha value is -3.27. The quantitative estimate of drug-likeness (QED) is 0.421. The van der Waals surface area contributed by atoms with E-state index in [9.17, 15) is 30.3 Å². The Kier molecular flexibility index (Phi) is 5.26. The average Bonchev–Trinajstić information content (AvgIpc) is 2.71. The second kappa shape index (κ2) is 7.77. The van der Waals surface area contributed by atoms with Crippen molar-refractivity contribution in [2.45, 2.75) is 37.8 Å². The van der Waals surface area contributed by atoms with Gasteiger partial charge in [0.05, 0.1) is 31.0 Å². The first-order chi connectivity index (χ1) is 14.7. The number of methoxy groups -OCH3 is 1. The van der Waals surface area contributed by atoms with Crippen molar-refractivity contribution in [2.75, 3.05) is 7.11 Å². The summed E-state index contributed by atoms with van der Waals surface area (Å²) >= 11 is 0. The summed E-state index contributed by atoms with van der Waals surface area (Å²) in [5, 5.41) is 51.1. The number of aliphatic hydroxyl groups is 2. The van der Waals surface area contributed by atoms with E-state index in [1.165, 1.54) is 25.3 Å². The molecule has 0 radical (unpaired) electrons. The smallest absolute Gasteiger partial charge is 0.197 e. The summed E-state index contributed by atoms with van der Waals surface area (Å²) in [6.45, 7) is 1.56. The van der Waals surface area contributed by atoms with E-state index in [2.05, 4.69) is 0 Å². The van der Waals surface area contributed by atoms with Crippen LogP contribution in [-0.4, -0.2) is 51.0 Å². The van der Waals surface area contributed by atoms with Gasteiger partial charge in [0, 0.05) is 24.1 Å². The molecule has 1 aromatic heterocycles. The fourth-order valence-electron chi connectivity index (χ4n) is 3.86. The molecule has 31 heavy (non-hydrogen) atoms. The van der Waals surface area contributed by atoms with Crippen molar-refractivity contribution in [2.24, 2.45) is 0 Å². The molecule has 2 heterocycles. The Morgan fingerprint density at radius 2 is 1.81 bits per heavy atom. The molecular weight excluding hydrogens is 408 g/mol. The van der Waals surface area contributed by atoms with Crippen LogP contribution in [0.2, 0.25) is 0 Å². The van der Waals surface area contributed by atoms with E-state index < -0.39 is 35.6 Å². The molecule has 0 bridgehead atoms. The van der Waals surface area contributed by atoms with Crippen LogP contribution in [0.5, 0.6) is 23.0 Å². The standard InChI is InChI=1S/C22H22O9/c1-9-21(27)14(26)8-17(30-9)19-13(25)7-18-20(22(19)28)12(24)6-16(31-18)10-3-4-15(29-2)11(23)5-10/h3-7,9,14,17,21,23,25-28H,8H2,1-2H3/t9-,14-,17-,21-/m0/s1. The van der Waals surface area contributed by atoms with Gasteiger partial charge in [-0.1, -0.05) is 0 Å². The summed E-state index contributed by atoms with van der Waals surface area (Å²) in [5.74, 6) is -0.686. The molecule has 4 rings (SSSR count). The zero-order valence-corrected chi connectivity index (χ0v) is 16.8. The van der Waals surface area contributed by atoms with E-state index in [0.717, 1.165) is 6.07 Å². The number of aromatic hydroxyl groups is 3. The van der Waals surface area contributed by atoms with E-state index in [0.29, 0.717) is 5.56 Å². The monoisotopic (exact) mass is 430 g/mol. The normalized spacial score (nSPS) is 23.7. The van der Waals surface area contributed by atoms with Crippen LogP contribution in [0.25, 0.3) is 22.3 Å². The highest BCUT2D eigenvalue weighted by molar-refractivity contribution is 5.88. The van der Waals surface area contributed by atoms with Crippen molar-refractivity contribution in [1.82, 2.24) is 0 Å². The first-order valence-corrected chi connectivity index (χ1v) is 9.63. The minimum absolute atomic E-state index is 0.0626. The molecule has 1 aliphatic rings. The Morgan fingerprint density at radius 3 is 2.45 bits per heavy atom. The molecule has 0 unspecified atom stereocenters. The predicted octanol–water partition coefficient (Wildman–Crippen LogP) is 2.16. The van der Waals surface area contributed by atoms with Crippen LogP contribution < -0.4 is 10.2 Å². The van der Waals surface area contributed by atoms with E-state index >= 15 is 0 Å². The number of aliphatic hydroxyl groups excluding tert-OH is 2. The van der Waals surface area contributed by atoms with Gasteiger partial charge in [-0.2, -0.15) is 0 Å². The third kappa shape index (κ3) is 3.56. The van der Waals surface area contributed by atoms with Crippen molar-refractivity contribution >= 4 is 11.0 Å². The molecule has 9 nitrogen and oxygen atoms in total. The molecule has 1 aliphatic heterocycles. The summed E-state index contributed by atoms with van der Waals surface area (Å²) in [5.41, 5.74) is -0.315. The fourth-order valence-corrected chi connectivity index (χ4v) is 3.86. The van der Waals surface area contributed by atoms with Gasteiger partial charge in [-0.3, -0.25) is 4.79 Å². The molecule has 1 saturated heterocycles. The van der Waals surface area contributed by atoms with Crippen molar-refractivity contribution in [1.29, 1.82) is 0 Å². The summed E-state index contributed by atoms with van der Waals surface area (Å²) in [6, 6.07) is 6.80. The van der Waals surface area contributed by atoms with E-state index in [1.54, 1.807) is 13.0 Å². The molecule has 0 aliphatic carbocycles. The molecule has 0 spiro atoms. The number of phenols is 3. The van der Waals surface area contributed by atoms with Crippen LogP contribution >= 0.6 is 0 Å². The van der Waals surface area contributed by atoms with Crippen molar-refractivity contribution in [3.05, 3.63) is 46.1 Å². The van der Waals surface area contributed by atoms with Crippen LogP contribution in [0.15, 0.2) is 39.5 Å². The lowest BCUT2D eigenvalue weighted by Gasteiger charge is -2.36. The predicted molar refractivity (Wildman–Crippen MR) is 109 cm³/mol. The number of benzene rings is 2. The highest BCUT2D eigenvalue weighted by Gasteiger charge is 2.37. The number of rotatable bonds is 3. The summed E-state index contributed by atoms with van der Waals surface area (Å²) in [4.78, 5) is 12.8. The van der Waals surface area contributed by atoms with Gasteiger partial charge in [-0.05, 0) is 25.1 Å². The Bertz CT molecular complexity index is 1190. The van der Waals surface area contributed by atoms with Gasteiger partial charge in [0.25, 0.3) is 0 Å². The van der Waals surface area contributed by atoms with E-state index in [4.69, 9.17) is 13.9 Å². The molecule has 164 valence electrons. The van der Waals surface area contributed by atoms with E-state index in [-0.39, 0.29) is 46.0 Å². The lowest BCUT2D eigenvalue weighted by Crippen LogP contribution is -2.43. The molecular formula is C22H22O9. The van der Waals surface area contributed by atoms with Crippen molar-refractivity contribution < 1.29 is 39.4 Å². The summed E-state index contributed by atoms with van der Waals surface area (Å²) < 4.78 is 16.3. The number of ether oxygens (including phenoxy) is 2. The van der Waals surface area contributed by atoms with Gasteiger partial charge < -0.3 is 39.4 Å². The minimum Gasteiger partial charge on any atom is -0.507 e. The number of hydrogen-bond donors (Lipinski definition) is 5. The molecule has 0 saturated carbocycles. The topological polar surface area (TPSA) is 150 Å². The molecule has 5 N–H and O–H groups in total. The second-order valence-electron chi connectivity index (χ2n) is 7.52. The number of phenolic OH excluding ortho intramolecular Hbond substituents is 3. The lowest BCUT2D eigenvalue weighted by molar-refractivity contribution is -0.164. The Labute approximate surface area is 176 Å². The zero-order valence-electron chi connectivity index (χ0n) is 16.8. The largest absolute Gasteiger partial charge is 0.507 e. The van der Waals surface area contributed by atoms with Gasteiger partial charge in [-0.25, -0.2) is 0 Å². The maximum Gasteiger partial charge on any atom is 0.197 e. The third-order valence-corrected chi connectivity index (χ3v) is 5.51. The fraction of sp³-hybridized carbons (Fsp3) is 0.318. The third-order valence-electron chi connectivity index (χ3n) is 5.51. The highest BCUT2D eigenvalue weighted by atomic mass is 16.5. The minimum atomic E-state index is -1.12. The van der Waals surface area contributed by atoms with E-state index in [1.807, 2.05) is 0 Å². The van der Waals surface area contributed by atoms with Crippen LogP contribution in [0.4, 0.5) is 0 Å². The molecule has 2 aromatic carbocycles. The Balaban J connectivity index is 1.82. The summed E-state index contributed by atoms with van der Waals surface area (Å²) in [6.07, 6.45) is -3.98. The van der Waals surface area contributed by atoms with Crippen LogP contribution in [0, 0.1) is 0 Å². The second-order valence-corrected chi connectivity index (χ2v) is 7.52. The van der Waals surface area contributed by atoms with Crippen LogP contribution in [-0.2, 0) is 4.74 Å². The summed E-state index contributed by atoms with van der Waals surface area (Å²) in [7, 11) is 1.41. The van der Waals surface area contributed by atoms with Gasteiger partial charge in [0.15, 0.2) is 16.9 Å². The van der Waals surface area contributed by atoms with Gasteiger partial charge in [0.2, 0.25) is 0 Å². The molecule has 4 atom stereocenters. The molecule has 1 fully saturated rings. The molecule has 3 aromatic rings. The maximum absolute atomic E-state index is 12.8. The lowest BCUT2D eigenvalue weighted by atomic mass is 9.92. The van der Waals surface area contributed by atoms with Crippen molar-refractivity contribution in [3.8, 4) is 34.3 Å². The zero-order chi connectivity index (χ0) is 22.4. The SMILES string of the molecule is COc1ccc(-c2cc(=O)c3c(O)c([C@@H]4C[C@H](O)[C@@H](O)[C@H](C)O4)c(O)cc3o2)cc1O. The van der Waals surface area contributed by atoms with Gasteiger partial charge in [0.1, 0.15) is 34.3 Å². The number of hydrogen-bond acceptors (Lipinski definition) is 9. The number of fused-ring (bicyclic) bond motifs is 1. The van der Waals surface area contributed by atoms with Crippen molar-refractivity contribution in [3.63, 3.8) is 0 Å². The van der Waals surface area contributed by atoms with Crippen LogP contribution in [0.3, 0.4) is 0 Å². The maximum atomic E-state index is 12.8. The van der Waals surface area contributed by atoms with Gasteiger partial charge in [-0.15, -0.1) is 0 Å². The highest BCUT2D eigenvalue weighted by Crippen LogP contribution is 2.44. The molecule has 9 heteroatoms. The first kappa shape index (κ1) is 21.0. The average molecular weight is 430 g/mol. The molecule has 0 amide bonds.